The molecule has 112 valence electrons. The van der Waals surface area contributed by atoms with Crippen LogP contribution in [0.25, 0.3) is 21.8 Å². The Morgan fingerprint density at radius 2 is 1.23 bits per heavy atom. The van der Waals surface area contributed by atoms with Crippen LogP contribution in [0.1, 0.15) is 20.7 Å². The fraction of sp³-hybridized carbons (Fsp3) is 0.176. The lowest BCUT2D eigenvalue weighted by Gasteiger charge is -2.00. The van der Waals surface area contributed by atoms with Gasteiger partial charge in [-0.05, 0) is 36.4 Å². The molecular weight excluding hydrogens is 282 g/mol. The van der Waals surface area contributed by atoms with Crippen LogP contribution < -0.4 is 0 Å². The van der Waals surface area contributed by atoms with Crippen LogP contribution >= 0.6 is 0 Å². The van der Waals surface area contributed by atoms with Gasteiger partial charge in [0.1, 0.15) is 0 Å². The lowest BCUT2D eigenvalue weighted by Crippen LogP contribution is -2.00. The second-order valence-corrected chi connectivity index (χ2v) is 5.01. The summed E-state index contributed by atoms with van der Waals surface area (Å²) in [5.41, 5.74) is 2.91. The van der Waals surface area contributed by atoms with Gasteiger partial charge in [0.25, 0.3) is 0 Å². The number of hydrogen-bond donors (Lipinski definition) is 0. The number of carbonyl (C=O) groups excluding carboxylic acids is 2. The first-order chi connectivity index (χ1) is 10.6. The van der Waals surface area contributed by atoms with Gasteiger partial charge in [0, 0.05) is 28.9 Å². The minimum absolute atomic E-state index is 0.386. The van der Waals surface area contributed by atoms with Gasteiger partial charge in [0.05, 0.1) is 25.3 Å². The summed E-state index contributed by atoms with van der Waals surface area (Å²) in [5.74, 6) is -0.772. The number of methoxy groups -OCH3 is 2. The summed E-state index contributed by atoms with van der Waals surface area (Å²) >= 11 is 0. The van der Waals surface area contributed by atoms with E-state index in [9.17, 15) is 9.59 Å². The van der Waals surface area contributed by atoms with Gasteiger partial charge in [-0.2, -0.15) is 0 Å². The quantitative estimate of drug-likeness (QED) is 0.682. The molecule has 1 aromatic heterocycles. The third kappa shape index (κ3) is 2.02. The summed E-state index contributed by atoms with van der Waals surface area (Å²) in [5, 5.41) is 1.79. The minimum Gasteiger partial charge on any atom is -0.465 e. The maximum atomic E-state index is 11.7. The fourth-order valence-electron chi connectivity index (χ4n) is 2.71. The Labute approximate surface area is 127 Å². The van der Waals surface area contributed by atoms with Gasteiger partial charge in [-0.3, -0.25) is 0 Å². The summed E-state index contributed by atoms with van der Waals surface area (Å²) in [4.78, 5) is 23.4. The number of nitrogens with zero attached hydrogens (tertiary/aromatic N) is 1. The van der Waals surface area contributed by atoms with Crippen molar-refractivity contribution in [2.45, 2.75) is 0 Å². The van der Waals surface area contributed by atoms with Crippen LogP contribution in [0.15, 0.2) is 36.4 Å². The number of rotatable bonds is 2. The second-order valence-electron chi connectivity index (χ2n) is 5.01. The van der Waals surface area contributed by atoms with Gasteiger partial charge in [-0.15, -0.1) is 0 Å². The van der Waals surface area contributed by atoms with Gasteiger partial charge in [-0.25, -0.2) is 9.59 Å². The smallest absolute Gasteiger partial charge is 0.337 e. The first-order valence-corrected chi connectivity index (χ1v) is 6.75. The van der Waals surface area contributed by atoms with Crippen LogP contribution in [0.4, 0.5) is 0 Å². The molecule has 1 heterocycles. The van der Waals surface area contributed by atoms with Crippen molar-refractivity contribution in [3.63, 3.8) is 0 Å². The van der Waals surface area contributed by atoms with Crippen molar-refractivity contribution in [2.24, 2.45) is 7.05 Å². The van der Waals surface area contributed by atoms with Crippen molar-refractivity contribution in [3.05, 3.63) is 47.5 Å². The van der Waals surface area contributed by atoms with Gasteiger partial charge < -0.3 is 14.0 Å². The molecule has 3 rings (SSSR count). The van der Waals surface area contributed by atoms with Crippen molar-refractivity contribution in [1.29, 1.82) is 0 Å². The molecule has 0 aliphatic heterocycles. The predicted molar refractivity (Wildman–Crippen MR) is 83.1 cm³/mol. The lowest BCUT2D eigenvalue weighted by atomic mass is 10.1. The minimum atomic E-state index is -0.386. The van der Waals surface area contributed by atoms with Crippen molar-refractivity contribution >= 4 is 33.7 Å². The van der Waals surface area contributed by atoms with E-state index in [1.807, 2.05) is 23.7 Å². The molecular formula is C17H15NO4. The molecule has 0 bridgehead atoms. The fourth-order valence-corrected chi connectivity index (χ4v) is 2.71. The van der Waals surface area contributed by atoms with Gasteiger partial charge in [-0.1, -0.05) is 0 Å². The summed E-state index contributed by atoms with van der Waals surface area (Å²) in [6.07, 6.45) is 0. The van der Waals surface area contributed by atoms with Crippen LogP contribution in [0.2, 0.25) is 0 Å². The zero-order chi connectivity index (χ0) is 15.9. The number of esters is 2. The molecule has 5 heteroatoms. The third-order valence-electron chi connectivity index (χ3n) is 3.85. The Bertz CT molecular complexity index is 835. The average Bonchev–Trinajstić information content (AvgIpc) is 2.85. The maximum absolute atomic E-state index is 11.7. The molecule has 0 radical (unpaired) electrons. The highest BCUT2D eigenvalue weighted by molar-refractivity contribution is 6.11. The number of hydrogen-bond acceptors (Lipinski definition) is 4. The van der Waals surface area contributed by atoms with Crippen molar-refractivity contribution in [1.82, 2.24) is 4.57 Å². The van der Waals surface area contributed by atoms with Crippen LogP contribution in [-0.4, -0.2) is 30.7 Å². The average molecular weight is 297 g/mol. The summed E-state index contributed by atoms with van der Waals surface area (Å²) in [6.45, 7) is 0. The lowest BCUT2D eigenvalue weighted by molar-refractivity contribution is 0.0592. The van der Waals surface area contributed by atoms with E-state index in [4.69, 9.17) is 9.47 Å². The van der Waals surface area contributed by atoms with Crippen LogP contribution in [-0.2, 0) is 16.5 Å². The maximum Gasteiger partial charge on any atom is 0.337 e. The summed E-state index contributed by atoms with van der Waals surface area (Å²) in [7, 11) is 4.65. The molecule has 0 amide bonds. The summed E-state index contributed by atoms with van der Waals surface area (Å²) < 4.78 is 11.5. The van der Waals surface area contributed by atoms with E-state index in [1.165, 1.54) is 14.2 Å². The van der Waals surface area contributed by atoms with Gasteiger partial charge in [0.2, 0.25) is 0 Å². The molecule has 0 spiro atoms. The Hall–Kier alpha value is -2.82. The van der Waals surface area contributed by atoms with E-state index in [0.717, 1.165) is 21.8 Å². The van der Waals surface area contributed by atoms with E-state index < -0.39 is 0 Å². The van der Waals surface area contributed by atoms with Gasteiger partial charge >= 0.3 is 11.9 Å². The molecule has 0 fully saturated rings. The van der Waals surface area contributed by atoms with Crippen LogP contribution in [0.5, 0.6) is 0 Å². The molecule has 0 atom stereocenters. The van der Waals surface area contributed by atoms with E-state index in [2.05, 4.69) is 0 Å². The SMILES string of the molecule is COC(=O)c1ccc2c(c1)c1cc(C(=O)OC)ccc1n2C. The molecule has 0 aliphatic rings. The van der Waals surface area contributed by atoms with E-state index in [0.29, 0.717) is 11.1 Å². The number of ether oxygens (including phenoxy) is 2. The van der Waals surface area contributed by atoms with Crippen molar-refractivity contribution < 1.29 is 19.1 Å². The number of carbonyl (C=O) groups is 2. The molecule has 0 saturated carbocycles. The van der Waals surface area contributed by atoms with Crippen LogP contribution in [0.3, 0.4) is 0 Å². The predicted octanol–water partition coefficient (Wildman–Crippen LogP) is 2.90. The van der Waals surface area contributed by atoms with Crippen LogP contribution in [0, 0.1) is 0 Å². The Morgan fingerprint density at radius 1 is 0.818 bits per heavy atom. The molecule has 0 aliphatic carbocycles. The highest BCUT2D eigenvalue weighted by atomic mass is 16.5. The zero-order valence-corrected chi connectivity index (χ0v) is 12.5. The Morgan fingerprint density at radius 3 is 1.59 bits per heavy atom. The first kappa shape index (κ1) is 14.1. The highest BCUT2D eigenvalue weighted by Crippen LogP contribution is 2.30. The van der Waals surface area contributed by atoms with Crippen molar-refractivity contribution in [3.8, 4) is 0 Å². The standard InChI is InChI=1S/C17H15NO4/c1-18-14-6-4-10(16(19)21-2)8-12(14)13-9-11(17(20)22-3)5-7-15(13)18/h4-9H,1-3H3. The van der Waals surface area contributed by atoms with E-state index in [-0.39, 0.29) is 11.9 Å². The van der Waals surface area contributed by atoms with E-state index in [1.54, 1.807) is 24.3 Å². The Balaban J connectivity index is 2.32. The molecule has 0 saturated heterocycles. The van der Waals surface area contributed by atoms with Gasteiger partial charge in [0.15, 0.2) is 0 Å². The molecule has 0 unspecified atom stereocenters. The number of fused-ring (bicyclic) bond motifs is 3. The monoisotopic (exact) mass is 297 g/mol. The highest BCUT2D eigenvalue weighted by Gasteiger charge is 2.14. The largest absolute Gasteiger partial charge is 0.465 e. The number of aromatic nitrogens is 1. The third-order valence-corrected chi connectivity index (χ3v) is 3.85. The molecule has 2 aromatic carbocycles. The summed E-state index contributed by atoms with van der Waals surface area (Å²) in [6, 6.07) is 10.8. The van der Waals surface area contributed by atoms with Crippen molar-refractivity contribution in [2.75, 3.05) is 14.2 Å². The number of benzene rings is 2. The molecule has 3 aromatic rings. The molecule has 22 heavy (non-hydrogen) atoms. The molecule has 5 nitrogen and oxygen atoms in total. The normalized spacial score (nSPS) is 10.9. The van der Waals surface area contributed by atoms with E-state index >= 15 is 0 Å². The number of aryl methyl sites for hydroxylation is 1. The molecule has 0 N–H and O–H groups in total. The zero-order valence-electron chi connectivity index (χ0n) is 12.5. The Kier molecular flexibility index (Phi) is 3.33. The topological polar surface area (TPSA) is 57.5 Å². The second kappa shape index (κ2) is 5.18. The first-order valence-electron chi connectivity index (χ1n) is 6.75.